The summed E-state index contributed by atoms with van der Waals surface area (Å²) >= 11 is 7.84. The Morgan fingerprint density at radius 3 is 2.39 bits per heavy atom. The molecule has 0 amide bonds. The Kier molecular flexibility index (Phi) is 4.34. The van der Waals surface area contributed by atoms with Crippen LogP contribution in [0.1, 0.15) is 5.56 Å². The van der Waals surface area contributed by atoms with Gasteiger partial charge in [0.25, 0.3) is 0 Å². The van der Waals surface area contributed by atoms with Crippen molar-refractivity contribution in [1.82, 2.24) is 9.38 Å². The van der Waals surface area contributed by atoms with Crippen LogP contribution < -0.4 is 0 Å². The Balaban J connectivity index is 1.76. The van der Waals surface area contributed by atoms with Crippen LogP contribution in [0.15, 0.2) is 95.0 Å². The molecule has 2 nitrogen and oxygen atoms in total. The molecule has 5 rings (SSSR count). The SMILES string of the molecule is Cc1ccc(Sc2c(-c3ccc(Cl)cc3)nc3c4ccccc4ccn23)cc1. The van der Waals surface area contributed by atoms with Gasteiger partial charge in [-0.25, -0.2) is 4.98 Å². The third kappa shape index (κ3) is 3.07. The van der Waals surface area contributed by atoms with Gasteiger partial charge in [0.15, 0.2) is 0 Å². The lowest BCUT2D eigenvalue weighted by atomic mass is 10.2. The van der Waals surface area contributed by atoms with Crippen LogP contribution in [0.25, 0.3) is 27.7 Å². The summed E-state index contributed by atoms with van der Waals surface area (Å²) in [5, 5.41) is 4.17. The van der Waals surface area contributed by atoms with Gasteiger partial charge in [-0.05, 0) is 42.6 Å². The minimum Gasteiger partial charge on any atom is -0.293 e. The zero-order chi connectivity index (χ0) is 19.1. The highest BCUT2D eigenvalue weighted by atomic mass is 35.5. The molecule has 5 aromatic rings. The molecular weight excluding hydrogens is 384 g/mol. The summed E-state index contributed by atoms with van der Waals surface area (Å²) in [7, 11) is 0. The highest BCUT2D eigenvalue weighted by Gasteiger charge is 2.17. The van der Waals surface area contributed by atoms with E-state index in [1.807, 2.05) is 24.3 Å². The predicted octanol–water partition coefficient (Wildman–Crippen LogP) is 7.27. The molecule has 2 heterocycles. The molecule has 0 N–H and O–H groups in total. The van der Waals surface area contributed by atoms with Gasteiger partial charge < -0.3 is 0 Å². The fraction of sp³-hybridized carbons (Fsp3) is 0.0417. The monoisotopic (exact) mass is 400 g/mol. The van der Waals surface area contributed by atoms with Gasteiger partial charge in [-0.1, -0.05) is 77.5 Å². The number of hydrogen-bond donors (Lipinski definition) is 0. The molecule has 0 radical (unpaired) electrons. The first-order valence-electron chi connectivity index (χ1n) is 9.09. The highest BCUT2D eigenvalue weighted by molar-refractivity contribution is 7.99. The second-order valence-electron chi connectivity index (χ2n) is 6.78. The van der Waals surface area contributed by atoms with E-state index in [1.54, 1.807) is 11.8 Å². The van der Waals surface area contributed by atoms with Gasteiger partial charge in [0.05, 0.1) is 0 Å². The fourth-order valence-electron chi connectivity index (χ4n) is 3.36. The average molecular weight is 401 g/mol. The van der Waals surface area contributed by atoms with Crippen LogP contribution in [0, 0.1) is 6.92 Å². The molecule has 0 bridgehead atoms. The van der Waals surface area contributed by atoms with Gasteiger partial charge in [0, 0.05) is 27.1 Å². The van der Waals surface area contributed by atoms with Crippen molar-refractivity contribution < 1.29 is 0 Å². The van der Waals surface area contributed by atoms with E-state index in [0.29, 0.717) is 0 Å². The van der Waals surface area contributed by atoms with E-state index in [0.717, 1.165) is 32.3 Å². The molecule has 0 aliphatic heterocycles. The molecule has 0 saturated heterocycles. The molecule has 4 heteroatoms. The maximum Gasteiger partial charge on any atom is 0.146 e. The molecule has 2 aromatic heterocycles. The molecule has 3 aromatic carbocycles. The molecule has 0 atom stereocenters. The zero-order valence-electron chi connectivity index (χ0n) is 15.3. The predicted molar refractivity (Wildman–Crippen MR) is 118 cm³/mol. The van der Waals surface area contributed by atoms with Crippen molar-refractivity contribution in [2.45, 2.75) is 16.8 Å². The minimum atomic E-state index is 0.728. The fourth-order valence-corrected chi connectivity index (χ4v) is 4.49. The quantitative estimate of drug-likeness (QED) is 0.317. The number of benzene rings is 3. The first-order valence-corrected chi connectivity index (χ1v) is 10.3. The van der Waals surface area contributed by atoms with Gasteiger partial charge in [-0.2, -0.15) is 0 Å². The van der Waals surface area contributed by atoms with Crippen molar-refractivity contribution >= 4 is 39.8 Å². The first kappa shape index (κ1) is 17.4. The van der Waals surface area contributed by atoms with Crippen LogP contribution >= 0.6 is 23.4 Å². The molecular formula is C24H17ClN2S. The van der Waals surface area contributed by atoms with Crippen LogP contribution in [0.4, 0.5) is 0 Å². The number of imidazole rings is 1. The Bertz CT molecular complexity index is 1290. The van der Waals surface area contributed by atoms with E-state index in [2.05, 4.69) is 72.1 Å². The Morgan fingerprint density at radius 2 is 1.61 bits per heavy atom. The third-order valence-electron chi connectivity index (χ3n) is 4.83. The number of pyridine rings is 1. The number of aryl methyl sites for hydroxylation is 1. The normalized spacial score (nSPS) is 11.4. The molecule has 0 aliphatic rings. The van der Waals surface area contributed by atoms with E-state index >= 15 is 0 Å². The molecule has 0 spiro atoms. The summed E-state index contributed by atoms with van der Waals surface area (Å²) in [5.41, 5.74) is 4.26. The van der Waals surface area contributed by atoms with Crippen LogP contribution in [-0.4, -0.2) is 9.38 Å². The number of hydrogen-bond acceptors (Lipinski definition) is 2. The molecule has 0 aliphatic carbocycles. The summed E-state index contributed by atoms with van der Waals surface area (Å²) in [4.78, 5) is 6.24. The van der Waals surface area contributed by atoms with Crippen LogP contribution in [-0.2, 0) is 0 Å². The topological polar surface area (TPSA) is 17.3 Å². The summed E-state index contributed by atoms with van der Waals surface area (Å²) in [5.74, 6) is 0. The van der Waals surface area contributed by atoms with Crippen LogP contribution in [0.2, 0.25) is 5.02 Å². The Labute approximate surface area is 172 Å². The number of halogens is 1. The zero-order valence-corrected chi connectivity index (χ0v) is 16.8. The smallest absolute Gasteiger partial charge is 0.146 e. The van der Waals surface area contributed by atoms with Gasteiger partial charge >= 0.3 is 0 Å². The third-order valence-corrected chi connectivity index (χ3v) is 6.17. The van der Waals surface area contributed by atoms with Gasteiger partial charge in [-0.3, -0.25) is 4.40 Å². The van der Waals surface area contributed by atoms with Crippen LogP contribution in [0.5, 0.6) is 0 Å². The highest BCUT2D eigenvalue weighted by Crippen LogP contribution is 2.38. The molecule has 0 unspecified atom stereocenters. The van der Waals surface area contributed by atoms with Gasteiger partial charge in [0.1, 0.15) is 16.4 Å². The minimum absolute atomic E-state index is 0.728. The van der Waals surface area contributed by atoms with E-state index in [-0.39, 0.29) is 0 Å². The maximum atomic E-state index is 6.11. The van der Waals surface area contributed by atoms with Crippen LogP contribution in [0.3, 0.4) is 0 Å². The van der Waals surface area contributed by atoms with Gasteiger partial charge in [-0.15, -0.1) is 0 Å². The second kappa shape index (κ2) is 7.01. The number of nitrogens with zero attached hydrogens (tertiary/aromatic N) is 2. The van der Waals surface area contributed by atoms with Crippen molar-refractivity contribution in [3.05, 3.63) is 95.6 Å². The first-order chi connectivity index (χ1) is 13.7. The van der Waals surface area contributed by atoms with E-state index in [4.69, 9.17) is 16.6 Å². The van der Waals surface area contributed by atoms with Crippen molar-refractivity contribution in [1.29, 1.82) is 0 Å². The lowest BCUT2D eigenvalue weighted by molar-refractivity contribution is 1.06. The summed E-state index contributed by atoms with van der Waals surface area (Å²) in [6.45, 7) is 2.11. The lowest BCUT2D eigenvalue weighted by Crippen LogP contribution is -1.88. The maximum absolute atomic E-state index is 6.11. The summed E-state index contributed by atoms with van der Waals surface area (Å²) in [6, 6.07) is 27.0. The number of fused-ring (bicyclic) bond motifs is 3. The Hall–Kier alpha value is -2.75. The van der Waals surface area contributed by atoms with Crippen molar-refractivity contribution in [2.24, 2.45) is 0 Å². The van der Waals surface area contributed by atoms with E-state index < -0.39 is 0 Å². The van der Waals surface area contributed by atoms with E-state index in [1.165, 1.54) is 15.8 Å². The van der Waals surface area contributed by atoms with Crippen molar-refractivity contribution in [3.8, 4) is 11.3 Å². The van der Waals surface area contributed by atoms with Crippen molar-refractivity contribution in [2.75, 3.05) is 0 Å². The standard InChI is InChI=1S/C24H17ClN2S/c1-16-6-12-20(13-7-16)28-24-22(18-8-10-19(25)11-9-18)26-23-21-5-3-2-4-17(21)14-15-27(23)24/h2-15H,1H3. The van der Waals surface area contributed by atoms with Gasteiger partial charge in [0.2, 0.25) is 0 Å². The van der Waals surface area contributed by atoms with E-state index in [9.17, 15) is 0 Å². The molecule has 136 valence electrons. The molecule has 28 heavy (non-hydrogen) atoms. The largest absolute Gasteiger partial charge is 0.293 e. The molecule has 0 saturated carbocycles. The second-order valence-corrected chi connectivity index (χ2v) is 8.28. The summed E-state index contributed by atoms with van der Waals surface area (Å²) in [6.07, 6.45) is 2.11. The summed E-state index contributed by atoms with van der Waals surface area (Å²) < 4.78 is 2.19. The lowest BCUT2D eigenvalue weighted by Gasteiger charge is -2.07. The number of aromatic nitrogens is 2. The molecule has 0 fully saturated rings. The number of rotatable bonds is 3. The average Bonchev–Trinajstić information content (AvgIpc) is 3.09. The van der Waals surface area contributed by atoms with Crippen molar-refractivity contribution in [3.63, 3.8) is 0 Å². The Morgan fingerprint density at radius 1 is 0.857 bits per heavy atom.